The summed E-state index contributed by atoms with van der Waals surface area (Å²) in [5.74, 6) is 0.962. The Hall–Kier alpha value is -0.120. The summed E-state index contributed by atoms with van der Waals surface area (Å²) in [6.07, 6.45) is 9.80. The van der Waals surface area contributed by atoms with Gasteiger partial charge < -0.3 is 15.1 Å². The average molecular weight is 296 g/mol. The van der Waals surface area contributed by atoms with E-state index < -0.39 is 0 Å². The van der Waals surface area contributed by atoms with Gasteiger partial charge >= 0.3 is 0 Å². The van der Waals surface area contributed by atoms with Crippen molar-refractivity contribution in [1.29, 1.82) is 0 Å². The van der Waals surface area contributed by atoms with Crippen LogP contribution in [0.4, 0.5) is 0 Å². The Bertz CT molecular complexity index is 276. The molecule has 1 aliphatic carbocycles. The zero-order valence-corrected chi connectivity index (χ0v) is 14.6. The van der Waals surface area contributed by atoms with Gasteiger partial charge in [0, 0.05) is 25.2 Å². The molecule has 2 rings (SSSR count). The number of likely N-dealkylation sites (N-methyl/N-ethyl adjacent to an activating group) is 2. The van der Waals surface area contributed by atoms with E-state index in [4.69, 9.17) is 0 Å². The lowest BCUT2D eigenvalue weighted by Crippen LogP contribution is -2.53. The quantitative estimate of drug-likeness (QED) is 0.743. The van der Waals surface area contributed by atoms with Crippen molar-refractivity contribution in [3.63, 3.8) is 0 Å². The van der Waals surface area contributed by atoms with Crippen LogP contribution in [-0.4, -0.2) is 61.7 Å². The van der Waals surface area contributed by atoms with Gasteiger partial charge in [-0.3, -0.25) is 0 Å². The Morgan fingerprint density at radius 1 is 1.14 bits per heavy atom. The highest BCUT2D eigenvalue weighted by atomic mass is 15.2. The van der Waals surface area contributed by atoms with Crippen molar-refractivity contribution in [2.75, 3.05) is 39.8 Å². The fraction of sp³-hybridized carbons (Fsp3) is 1.00. The molecule has 124 valence electrons. The molecular weight excluding hydrogens is 258 g/mol. The fourth-order valence-electron chi connectivity index (χ4n) is 4.36. The van der Waals surface area contributed by atoms with E-state index in [1.807, 2.05) is 0 Å². The zero-order chi connectivity index (χ0) is 15.1. The smallest absolute Gasteiger partial charge is 0.0249 e. The largest absolute Gasteiger partial charge is 0.313 e. The summed E-state index contributed by atoms with van der Waals surface area (Å²) >= 11 is 0. The number of rotatable bonds is 8. The molecule has 1 saturated carbocycles. The second-order valence-electron chi connectivity index (χ2n) is 7.23. The minimum atomic E-state index is 0.715. The second-order valence-corrected chi connectivity index (χ2v) is 7.23. The van der Waals surface area contributed by atoms with Crippen LogP contribution < -0.4 is 5.32 Å². The minimum absolute atomic E-state index is 0.715. The van der Waals surface area contributed by atoms with Gasteiger partial charge in [-0.1, -0.05) is 26.7 Å². The molecule has 1 N–H and O–H groups in total. The van der Waals surface area contributed by atoms with Crippen molar-refractivity contribution in [3.05, 3.63) is 0 Å². The first-order valence-electron chi connectivity index (χ1n) is 9.40. The predicted octanol–water partition coefficient (Wildman–Crippen LogP) is 2.96. The fourth-order valence-corrected chi connectivity index (χ4v) is 4.36. The summed E-state index contributed by atoms with van der Waals surface area (Å²) in [7, 11) is 2.36. The minimum Gasteiger partial charge on any atom is -0.313 e. The van der Waals surface area contributed by atoms with Crippen molar-refractivity contribution in [2.45, 2.75) is 70.9 Å². The molecule has 1 saturated heterocycles. The lowest BCUT2D eigenvalue weighted by atomic mass is 9.79. The number of nitrogens with zero attached hydrogens (tertiary/aromatic N) is 2. The standard InChI is InChI=1S/C18H37N3/c1-4-8-16-9-10-17(19-5-2)18(15-16)20(3)13-14-21-11-6-7-12-21/h16-19H,4-15H2,1-3H3. The third-order valence-electron chi connectivity index (χ3n) is 5.62. The van der Waals surface area contributed by atoms with Crippen molar-refractivity contribution in [3.8, 4) is 0 Å². The topological polar surface area (TPSA) is 18.5 Å². The van der Waals surface area contributed by atoms with Crippen molar-refractivity contribution in [2.24, 2.45) is 5.92 Å². The van der Waals surface area contributed by atoms with Crippen LogP contribution in [0.15, 0.2) is 0 Å². The third-order valence-corrected chi connectivity index (χ3v) is 5.62. The number of hydrogen-bond donors (Lipinski definition) is 1. The Morgan fingerprint density at radius 2 is 1.90 bits per heavy atom. The van der Waals surface area contributed by atoms with Crippen LogP contribution in [-0.2, 0) is 0 Å². The summed E-state index contributed by atoms with van der Waals surface area (Å²) in [5.41, 5.74) is 0. The third kappa shape index (κ3) is 5.22. The maximum atomic E-state index is 3.75. The zero-order valence-electron chi connectivity index (χ0n) is 14.6. The summed E-state index contributed by atoms with van der Waals surface area (Å²) in [6.45, 7) is 10.9. The van der Waals surface area contributed by atoms with Gasteiger partial charge in [-0.2, -0.15) is 0 Å². The molecule has 0 aromatic carbocycles. The summed E-state index contributed by atoms with van der Waals surface area (Å²) in [4.78, 5) is 5.30. The molecule has 0 bridgehead atoms. The molecule has 3 nitrogen and oxygen atoms in total. The first kappa shape index (κ1) is 17.2. The molecule has 0 amide bonds. The van der Waals surface area contributed by atoms with Crippen LogP contribution in [0.3, 0.4) is 0 Å². The van der Waals surface area contributed by atoms with Gasteiger partial charge in [0.15, 0.2) is 0 Å². The van der Waals surface area contributed by atoms with Gasteiger partial charge in [0.1, 0.15) is 0 Å². The highest BCUT2D eigenvalue weighted by Crippen LogP contribution is 2.30. The van der Waals surface area contributed by atoms with E-state index in [1.54, 1.807) is 0 Å². The van der Waals surface area contributed by atoms with Crippen LogP contribution in [0, 0.1) is 5.92 Å². The van der Waals surface area contributed by atoms with Gasteiger partial charge in [-0.05, 0) is 64.7 Å². The molecule has 21 heavy (non-hydrogen) atoms. The van der Waals surface area contributed by atoms with E-state index in [2.05, 4.69) is 36.0 Å². The molecule has 0 aromatic rings. The molecule has 1 heterocycles. The van der Waals surface area contributed by atoms with Crippen molar-refractivity contribution < 1.29 is 0 Å². The first-order valence-corrected chi connectivity index (χ1v) is 9.40. The Kier molecular flexibility index (Phi) is 7.48. The monoisotopic (exact) mass is 295 g/mol. The number of nitrogens with one attached hydrogen (secondary N) is 1. The summed E-state index contributed by atoms with van der Waals surface area (Å²) in [6, 6.07) is 1.46. The number of likely N-dealkylation sites (tertiary alicyclic amines) is 1. The Labute approximate surface area is 132 Å². The molecule has 0 aromatic heterocycles. The van der Waals surface area contributed by atoms with Gasteiger partial charge in [-0.15, -0.1) is 0 Å². The molecule has 0 radical (unpaired) electrons. The van der Waals surface area contributed by atoms with Crippen molar-refractivity contribution >= 4 is 0 Å². The van der Waals surface area contributed by atoms with Crippen LogP contribution >= 0.6 is 0 Å². The summed E-state index contributed by atoms with van der Waals surface area (Å²) < 4.78 is 0. The lowest BCUT2D eigenvalue weighted by Gasteiger charge is -2.42. The van der Waals surface area contributed by atoms with E-state index in [0.717, 1.165) is 18.5 Å². The molecule has 3 unspecified atom stereocenters. The van der Waals surface area contributed by atoms with Crippen LogP contribution in [0.2, 0.25) is 0 Å². The molecule has 2 aliphatic rings. The second kappa shape index (κ2) is 9.12. The van der Waals surface area contributed by atoms with E-state index in [-0.39, 0.29) is 0 Å². The van der Waals surface area contributed by atoms with Gasteiger partial charge in [-0.25, -0.2) is 0 Å². The first-order chi connectivity index (χ1) is 10.2. The normalized spacial score (nSPS) is 31.1. The van der Waals surface area contributed by atoms with Crippen LogP contribution in [0.25, 0.3) is 0 Å². The Morgan fingerprint density at radius 3 is 2.57 bits per heavy atom. The summed E-state index contributed by atoms with van der Waals surface area (Å²) in [5, 5.41) is 3.75. The van der Waals surface area contributed by atoms with Gasteiger partial charge in [0.25, 0.3) is 0 Å². The predicted molar refractivity (Wildman–Crippen MR) is 91.8 cm³/mol. The van der Waals surface area contributed by atoms with Crippen molar-refractivity contribution in [1.82, 2.24) is 15.1 Å². The highest BCUT2D eigenvalue weighted by molar-refractivity contribution is 4.90. The molecule has 3 atom stereocenters. The molecule has 2 fully saturated rings. The Balaban J connectivity index is 1.83. The van der Waals surface area contributed by atoms with Crippen LogP contribution in [0.1, 0.15) is 58.8 Å². The van der Waals surface area contributed by atoms with Gasteiger partial charge in [0.05, 0.1) is 0 Å². The lowest BCUT2D eigenvalue weighted by molar-refractivity contribution is 0.107. The average Bonchev–Trinajstić information content (AvgIpc) is 3.00. The maximum absolute atomic E-state index is 3.75. The molecule has 0 spiro atoms. The maximum Gasteiger partial charge on any atom is 0.0249 e. The van der Waals surface area contributed by atoms with Gasteiger partial charge in [0.2, 0.25) is 0 Å². The highest BCUT2D eigenvalue weighted by Gasteiger charge is 2.32. The van der Waals surface area contributed by atoms with E-state index >= 15 is 0 Å². The van der Waals surface area contributed by atoms with E-state index in [1.165, 1.54) is 71.1 Å². The van der Waals surface area contributed by atoms with E-state index in [9.17, 15) is 0 Å². The molecule has 1 aliphatic heterocycles. The number of hydrogen-bond acceptors (Lipinski definition) is 3. The van der Waals surface area contributed by atoms with E-state index in [0.29, 0.717) is 6.04 Å². The molecule has 3 heteroatoms. The molecular formula is C18H37N3. The van der Waals surface area contributed by atoms with Crippen LogP contribution in [0.5, 0.6) is 0 Å². The SMILES string of the molecule is CCCC1CCC(NCC)C(N(C)CCN2CCCC2)C1.